The molecule has 0 heterocycles. The normalized spacial score (nSPS) is 11.3. The van der Waals surface area contributed by atoms with Crippen LogP contribution in [-0.4, -0.2) is 65.4 Å². The minimum atomic E-state index is 0.535. The number of guanidine groups is 1. The van der Waals surface area contributed by atoms with Gasteiger partial charge < -0.3 is 29.7 Å². The van der Waals surface area contributed by atoms with E-state index in [1.165, 1.54) is 0 Å². The smallest absolute Gasteiger partial charge is 0.191 e. The van der Waals surface area contributed by atoms with Gasteiger partial charge in [-0.2, -0.15) is 0 Å². The highest BCUT2D eigenvalue weighted by Crippen LogP contribution is 2.16. The molecule has 0 unspecified atom stereocenters. The van der Waals surface area contributed by atoms with Gasteiger partial charge in [0.05, 0.1) is 20.3 Å². The Bertz CT molecular complexity index is 746. The number of nitrogens with one attached hydrogen (secondary N) is 2. The van der Waals surface area contributed by atoms with Crippen molar-refractivity contribution in [2.24, 2.45) is 4.99 Å². The summed E-state index contributed by atoms with van der Waals surface area (Å²) in [4.78, 5) is 6.40. The van der Waals surface area contributed by atoms with Crippen molar-refractivity contribution in [3.05, 3.63) is 54.1 Å². The standard InChI is InChI=1S/C23H34N4O3/c1-24-23(25-14-17-30-22-12-10-20(28-4)11-13-22)26-18-19-6-8-21(9-7-19)29-16-5-15-27(2)3/h6-13H,5,14-18H2,1-4H3,(H2,24,25,26). The van der Waals surface area contributed by atoms with Crippen molar-refractivity contribution in [1.29, 1.82) is 0 Å². The molecule has 0 amide bonds. The van der Waals surface area contributed by atoms with E-state index >= 15 is 0 Å². The second-order valence-electron chi connectivity index (χ2n) is 7.03. The largest absolute Gasteiger partial charge is 0.497 e. The molecule has 0 fully saturated rings. The molecule has 7 nitrogen and oxygen atoms in total. The molecule has 2 N–H and O–H groups in total. The van der Waals surface area contributed by atoms with E-state index < -0.39 is 0 Å². The van der Waals surface area contributed by atoms with Crippen LogP contribution in [0.1, 0.15) is 12.0 Å². The van der Waals surface area contributed by atoms with Crippen LogP contribution in [0, 0.1) is 0 Å². The number of hydrogen-bond donors (Lipinski definition) is 2. The number of benzene rings is 2. The Morgan fingerprint density at radius 1 is 0.867 bits per heavy atom. The minimum Gasteiger partial charge on any atom is -0.497 e. The molecule has 0 bridgehead atoms. The molecule has 0 radical (unpaired) electrons. The lowest BCUT2D eigenvalue weighted by atomic mass is 10.2. The van der Waals surface area contributed by atoms with Gasteiger partial charge in [0.2, 0.25) is 0 Å². The predicted molar refractivity (Wildman–Crippen MR) is 122 cm³/mol. The van der Waals surface area contributed by atoms with Gasteiger partial charge in [0.1, 0.15) is 23.9 Å². The van der Waals surface area contributed by atoms with Crippen molar-refractivity contribution in [2.75, 3.05) is 54.6 Å². The third-order valence-corrected chi connectivity index (χ3v) is 4.35. The SMILES string of the molecule is CN=C(NCCOc1ccc(OC)cc1)NCc1ccc(OCCCN(C)C)cc1. The first-order valence-corrected chi connectivity index (χ1v) is 10.2. The summed E-state index contributed by atoms with van der Waals surface area (Å²) in [5, 5.41) is 6.55. The highest BCUT2D eigenvalue weighted by molar-refractivity contribution is 5.79. The summed E-state index contributed by atoms with van der Waals surface area (Å²) < 4.78 is 16.6. The Morgan fingerprint density at radius 2 is 1.47 bits per heavy atom. The van der Waals surface area contributed by atoms with E-state index in [2.05, 4.69) is 46.8 Å². The summed E-state index contributed by atoms with van der Waals surface area (Å²) in [7, 11) is 7.54. The summed E-state index contributed by atoms with van der Waals surface area (Å²) in [5.41, 5.74) is 1.16. The molecule has 30 heavy (non-hydrogen) atoms. The van der Waals surface area contributed by atoms with Crippen LogP contribution >= 0.6 is 0 Å². The van der Waals surface area contributed by atoms with Gasteiger partial charge in [-0.15, -0.1) is 0 Å². The maximum atomic E-state index is 5.77. The maximum absolute atomic E-state index is 5.77. The second kappa shape index (κ2) is 13.3. The molecule has 164 valence electrons. The zero-order chi connectivity index (χ0) is 21.6. The van der Waals surface area contributed by atoms with Crippen LogP contribution in [0.15, 0.2) is 53.5 Å². The number of aliphatic imine (C=N–C) groups is 1. The fourth-order valence-electron chi connectivity index (χ4n) is 2.69. The fraction of sp³-hybridized carbons (Fsp3) is 0.435. The van der Waals surface area contributed by atoms with E-state index in [0.29, 0.717) is 19.7 Å². The topological polar surface area (TPSA) is 67.4 Å². The van der Waals surface area contributed by atoms with E-state index in [1.807, 2.05) is 36.4 Å². The number of rotatable bonds is 12. The lowest BCUT2D eigenvalue weighted by molar-refractivity contribution is 0.281. The zero-order valence-corrected chi connectivity index (χ0v) is 18.5. The lowest BCUT2D eigenvalue weighted by Crippen LogP contribution is -2.38. The number of nitrogens with zero attached hydrogens (tertiary/aromatic N) is 2. The maximum Gasteiger partial charge on any atom is 0.191 e. The van der Waals surface area contributed by atoms with Crippen LogP contribution in [0.25, 0.3) is 0 Å². The van der Waals surface area contributed by atoms with Gasteiger partial charge in [-0.1, -0.05) is 12.1 Å². The molecule has 0 aliphatic carbocycles. The van der Waals surface area contributed by atoms with E-state index in [9.17, 15) is 0 Å². The van der Waals surface area contributed by atoms with E-state index in [-0.39, 0.29) is 0 Å². The minimum absolute atomic E-state index is 0.535. The Kier molecular flexibility index (Phi) is 10.4. The van der Waals surface area contributed by atoms with Gasteiger partial charge in [-0.3, -0.25) is 4.99 Å². The molecule has 0 saturated carbocycles. The van der Waals surface area contributed by atoms with Crippen LogP contribution in [0.3, 0.4) is 0 Å². The summed E-state index contributed by atoms with van der Waals surface area (Å²) in [6, 6.07) is 15.7. The average Bonchev–Trinajstić information content (AvgIpc) is 2.77. The van der Waals surface area contributed by atoms with Crippen molar-refractivity contribution in [3.8, 4) is 17.2 Å². The van der Waals surface area contributed by atoms with Crippen LogP contribution < -0.4 is 24.8 Å². The molecule has 0 aromatic heterocycles. The average molecular weight is 415 g/mol. The van der Waals surface area contributed by atoms with Gasteiger partial charge >= 0.3 is 0 Å². The Hall–Kier alpha value is -2.93. The first-order valence-electron chi connectivity index (χ1n) is 10.2. The third-order valence-electron chi connectivity index (χ3n) is 4.35. The Labute approximate surface area is 180 Å². The summed E-state index contributed by atoms with van der Waals surface area (Å²) in [5.74, 6) is 3.26. The molecule has 2 aromatic rings. The monoisotopic (exact) mass is 414 g/mol. The molecular formula is C23H34N4O3. The van der Waals surface area contributed by atoms with Gasteiger partial charge in [0.25, 0.3) is 0 Å². The van der Waals surface area contributed by atoms with Gasteiger partial charge in [-0.05, 0) is 62.5 Å². The van der Waals surface area contributed by atoms with Crippen LogP contribution in [0.2, 0.25) is 0 Å². The molecule has 2 aromatic carbocycles. The van der Waals surface area contributed by atoms with Crippen molar-refractivity contribution in [1.82, 2.24) is 15.5 Å². The van der Waals surface area contributed by atoms with Crippen LogP contribution in [0.4, 0.5) is 0 Å². The zero-order valence-electron chi connectivity index (χ0n) is 18.5. The molecule has 0 spiro atoms. The van der Waals surface area contributed by atoms with Crippen molar-refractivity contribution in [2.45, 2.75) is 13.0 Å². The predicted octanol–water partition coefficient (Wildman–Crippen LogP) is 2.77. The highest BCUT2D eigenvalue weighted by atomic mass is 16.5. The van der Waals surface area contributed by atoms with Crippen molar-refractivity contribution >= 4 is 5.96 Å². The van der Waals surface area contributed by atoms with Gasteiger partial charge in [-0.25, -0.2) is 0 Å². The van der Waals surface area contributed by atoms with Crippen molar-refractivity contribution < 1.29 is 14.2 Å². The van der Waals surface area contributed by atoms with Gasteiger partial charge in [0.15, 0.2) is 5.96 Å². The van der Waals surface area contributed by atoms with Gasteiger partial charge in [0, 0.05) is 20.1 Å². The highest BCUT2D eigenvalue weighted by Gasteiger charge is 2.01. The fourth-order valence-corrected chi connectivity index (χ4v) is 2.69. The number of hydrogen-bond acceptors (Lipinski definition) is 5. The third kappa shape index (κ3) is 9.05. The van der Waals surface area contributed by atoms with E-state index in [0.717, 1.165) is 48.3 Å². The molecule has 7 heteroatoms. The second-order valence-corrected chi connectivity index (χ2v) is 7.03. The first kappa shape index (κ1) is 23.3. The number of ether oxygens (including phenoxy) is 3. The molecule has 0 saturated heterocycles. The lowest BCUT2D eigenvalue weighted by Gasteiger charge is -2.13. The molecule has 2 rings (SSSR count). The summed E-state index contributed by atoms with van der Waals surface area (Å²) >= 11 is 0. The van der Waals surface area contributed by atoms with Crippen LogP contribution in [0.5, 0.6) is 17.2 Å². The van der Waals surface area contributed by atoms with E-state index in [1.54, 1.807) is 14.2 Å². The molecule has 0 aliphatic heterocycles. The molecule has 0 atom stereocenters. The quantitative estimate of drug-likeness (QED) is 0.316. The van der Waals surface area contributed by atoms with Crippen molar-refractivity contribution in [3.63, 3.8) is 0 Å². The summed E-state index contributed by atoms with van der Waals surface area (Å²) in [6.45, 7) is 3.61. The number of methoxy groups -OCH3 is 1. The van der Waals surface area contributed by atoms with E-state index in [4.69, 9.17) is 14.2 Å². The molecule has 0 aliphatic rings. The molecular weight excluding hydrogens is 380 g/mol. The Balaban J connectivity index is 1.64. The van der Waals surface area contributed by atoms with Crippen LogP contribution in [-0.2, 0) is 6.54 Å². The first-order chi connectivity index (χ1) is 14.6. The summed E-state index contributed by atoms with van der Waals surface area (Å²) in [6.07, 6.45) is 1.01. The Morgan fingerprint density at radius 3 is 2.07 bits per heavy atom.